The van der Waals surface area contributed by atoms with Gasteiger partial charge < -0.3 is 10.6 Å². The van der Waals surface area contributed by atoms with E-state index in [0.29, 0.717) is 30.0 Å². The molecule has 0 atom stereocenters. The van der Waals surface area contributed by atoms with Gasteiger partial charge in [-0.1, -0.05) is 6.07 Å². The number of nitrogens with one attached hydrogen (secondary N) is 2. The van der Waals surface area contributed by atoms with Gasteiger partial charge in [0.05, 0.1) is 16.8 Å². The molecule has 0 radical (unpaired) electrons. The number of hydrogen-bond donors (Lipinski definition) is 2. The van der Waals surface area contributed by atoms with Crippen LogP contribution in [0.2, 0.25) is 0 Å². The number of carbonyl (C=O) groups is 1. The normalized spacial score (nSPS) is 10.4. The predicted octanol–water partition coefficient (Wildman–Crippen LogP) is 3.39. The Labute approximate surface area is 142 Å². The molecule has 0 unspecified atom stereocenters. The zero-order chi connectivity index (χ0) is 16.8. The molecule has 0 saturated heterocycles. The summed E-state index contributed by atoms with van der Waals surface area (Å²) < 4.78 is 13.3. The molecule has 5 nitrogen and oxygen atoms in total. The van der Waals surface area contributed by atoms with E-state index in [0.717, 1.165) is 5.69 Å². The molecule has 3 rings (SSSR count). The van der Waals surface area contributed by atoms with Gasteiger partial charge in [0.2, 0.25) is 0 Å². The summed E-state index contributed by atoms with van der Waals surface area (Å²) in [4.78, 5) is 20.7. The summed E-state index contributed by atoms with van der Waals surface area (Å²) in [5, 5.41) is 7.77. The first-order chi connectivity index (χ1) is 11.7. The number of halogens is 1. The fourth-order valence-electron chi connectivity index (χ4n) is 2.15. The topological polar surface area (TPSA) is 66.9 Å². The SMILES string of the molecule is O=C(NCCc1cscn1)c1cccnc1Nc1cccc(F)c1. The van der Waals surface area contributed by atoms with E-state index in [1.807, 2.05) is 5.38 Å². The molecule has 7 heteroatoms. The van der Waals surface area contributed by atoms with Crippen LogP contribution in [-0.2, 0) is 6.42 Å². The molecule has 1 aromatic carbocycles. The zero-order valence-electron chi connectivity index (χ0n) is 12.7. The molecule has 0 saturated carbocycles. The maximum absolute atomic E-state index is 13.3. The molecule has 0 aliphatic rings. The lowest BCUT2D eigenvalue weighted by molar-refractivity contribution is 0.0954. The highest BCUT2D eigenvalue weighted by Crippen LogP contribution is 2.19. The van der Waals surface area contributed by atoms with Crippen LogP contribution < -0.4 is 10.6 Å². The second kappa shape index (κ2) is 7.65. The van der Waals surface area contributed by atoms with Crippen molar-refractivity contribution in [1.29, 1.82) is 0 Å². The highest BCUT2D eigenvalue weighted by atomic mass is 32.1. The third-order valence-corrected chi connectivity index (χ3v) is 3.93. The molecule has 2 aromatic heterocycles. The second-order valence-electron chi connectivity index (χ2n) is 5.02. The number of pyridine rings is 1. The minimum Gasteiger partial charge on any atom is -0.352 e. The van der Waals surface area contributed by atoms with Gasteiger partial charge in [-0.15, -0.1) is 11.3 Å². The van der Waals surface area contributed by atoms with Gasteiger partial charge in [0.15, 0.2) is 0 Å². The van der Waals surface area contributed by atoms with Crippen LogP contribution in [0.4, 0.5) is 15.9 Å². The van der Waals surface area contributed by atoms with E-state index in [2.05, 4.69) is 20.6 Å². The molecule has 0 bridgehead atoms. The monoisotopic (exact) mass is 342 g/mol. The highest BCUT2D eigenvalue weighted by molar-refractivity contribution is 7.07. The lowest BCUT2D eigenvalue weighted by Gasteiger charge is -2.11. The van der Waals surface area contributed by atoms with Crippen molar-refractivity contribution < 1.29 is 9.18 Å². The standard InChI is InChI=1S/C17H15FN4OS/c18-12-3-1-4-13(9-12)22-16-15(5-2-7-19-16)17(23)20-8-6-14-10-24-11-21-14/h1-5,7,9-11H,6,8H2,(H,19,22)(H,20,23). The fraction of sp³-hybridized carbons (Fsp3) is 0.118. The smallest absolute Gasteiger partial charge is 0.255 e. The van der Waals surface area contributed by atoms with Crippen molar-refractivity contribution in [1.82, 2.24) is 15.3 Å². The Morgan fingerprint density at radius 2 is 2.12 bits per heavy atom. The van der Waals surface area contributed by atoms with E-state index >= 15 is 0 Å². The Balaban J connectivity index is 1.67. The van der Waals surface area contributed by atoms with Crippen LogP contribution in [0.5, 0.6) is 0 Å². The Kier molecular flexibility index (Phi) is 5.12. The maximum atomic E-state index is 13.3. The fourth-order valence-corrected chi connectivity index (χ4v) is 2.74. The van der Waals surface area contributed by atoms with Crippen LogP contribution in [0.25, 0.3) is 0 Å². The van der Waals surface area contributed by atoms with Crippen LogP contribution in [0.15, 0.2) is 53.5 Å². The number of aromatic nitrogens is 2. The molecule has 2 N–H and O–H groups in total. The van der Waals surface area contributed by atoms with Crippen molar-refractivity contribution in [3.63, 3.8) is 0 Å². The first-order valence-corrected chi connectivity index (χ1v) is 8.29. The number of nitrogens with zero attached hydrogens (tertiary/aromatic N) is 2. The molecule has 2 heterocycles. The van der Waals surface area contributed by atoms with Crippen LogP contribution in [-0.4, -0.2) is 22.4 Å². The summed E-state index contributed by atoms with van der Waals surface area (Å²) in [5.41, 5.74) is 3.65. The Bertz CT molecular complexity index is 823. The van der Waals surface area contributed by atoms with Gasteiger partial charge in [-0.25, -0.2) is 14.4 Å². The van der Waals surface area contributed by atoms with E-state index < -0.39 is 0 Å². The third-order valence-electron chi connectivity index (χ3n) is 3.29. The summed E-state index contributed by atoms with van der Waals surface area (Å²) in [6.07, 6.45) is 2.25. The van der Waals surface area contributed by atoms with E-state index in [1.165, 1.54) is 23.5 Å². The molecule has 1 amide bonds. The van der Waals surface area contributed by atoms with Gasteiger partial charge in [-0.3, -0.25) is 4.79 Å². The number of carbonyl (C=O) groups excluding carboxylic acids is 1. The van der Waals surface area contributed by atoms with E-state index in [9.17, 15) is 9.18 Å². The first kappa shape index (κ1) is 16.1. The average molecular weight is 342 g/mol. The van der Waals surface area contributed by atoms with E-state index in [4.69, 9.17) is 0 Å². The van der Waals surface area contributed by atoms with Gasteiger partial charge in [-0.05, 0) is 30.3 Å². The minimum atomic E-state index is -0.356. The van der Waals surface area contributed by atoms with Crippen LogP contribution in [0.1, 0.15) is 16.1 Å². The first-order valence-electron chi connectivity index (χ1n) is 7.35. The highest BCUT2D eigenvalue weighted by Gasteiger charge is 2.12. The summed E-state index contributed by atoms with van der Waals surface area (Å²) in [6, 6.07) is 9.36. The molecule has 24 heavy (non-hydrogen) atoms. The Morgan fingerprint density at radius 3 is 2.92 bits per heavy atom. The van der Waals surface area contributed by atoms with Gasteiger partial charge in [0, 0.05) is 30.2 Å². The molecule has 122 valence electrons. The van der Waals surface area contributed by atoms with E-state index in [-0.39, 0.29) is 11.7 Å². The summed E-state index contributed by atoms with van der Waals surface area (Å²) in [6.45, 7) is 0.483. The van der Waals surface area contributed by atoms with Crippen molar-refractivity contribution in [2.75, 3.05) is 11.9 Å². The summed E-state index contributed by atoms with van der Waals surface area (Å²) >= 11 is 1.53. The van der Waals surface area contributed by atoms with Crippen LogP contribution in [0.3, 0.4) is 0 Å². The predicted molar refractivity (Wildman–Crippen MR) is 92.1 cm³/mol. The molecule has 3 aromatic rings. The minimum absolute atomic E-state index is 0.239. The Morgan fingerprint density at radius 1 is 1.21 bits per heavy atom. The maximum Gasteiger partial charge on any atom is 0.255 e. The lowest BCUT2D eigenvalue weighted by atomic mass is 10.2. The van der Waals surface area contributed by atoms with E-state index in [1.54, 1.807) is 36.0 Å². The van der Waals surface area contributed by atoms with Crippen molar-refractivity contribution in [3.05, 3.63) is 70.6 Å². The number of benzene rings is 1. The van der Waals surface area contributed by atoms with Gasteiger partial charge in [0.1, 0.15) is 11.6 Å². The van der Waals surface area contributed by atoms with Crippen molar-refractivity contribution in [2.45, 2.75) is 6.42 Å². The van der Waals surface area contributed by atoms with Crippen molar-refractivity contribution in [3.8, 4) is 0 Å². The number of thiazole rings is 1. The summed E-state index contributed by atoms with van der Waals surface area (Å²) in [5.74, 6) is -0.211. The van der Waals surface area contributed by atoms with Gasteiger partial charge in [0.25, 0.3) is 5.91 Å². The molecule has 0 aliphatic heterocycles. The van der Waals surface area contributed by atoms with Crippen molar-refractivity contribution >= 4 is 28.7 Å². The number of rotatable bonds is 6. The molecule has 0 spiro atoms. The van der Waals surface area contributed by atoms with Crippen LogP contribution in [0, 0.1) is 5.82 Å². The number of hydrogen-bond acceptors (Lipinski definition) is 5. The third kappa shape index (κ3) is 4.14. The zero-order valence-corrected chi connectivity index (χ0v) is 13.5. The molecule has 0 aliphatic carbocycles. The van der Waals surface area contributed by atoms with Crippen LogP contribution >= 0.6 is 11.3 Å². The molecular weight excluding hydrogens is 327 g/mol. The van der Waals surface area contributed by atoms with Gasteiger partial charge in [-0.2, -0.15) is 0 Å². The van der Waals surface area contributed by atoms with Gasteiger partial charge >= 0.3 is 0 Å². The lowest BCUT2D eigenvalue weighted by Crippen LogP contribution is -2.26. The second-order valence-corrected chi connectivity index (χ2v) is 5.74. The molecular formula is C17H15FN4OS. The van der Waals surface area contributed by atoms with Crippen molar-refractivity contribution in [2.24, 2.45) is 0 Å². The average Bonchev–Trinajstić information content (AvgIpc) is 3.09. The number of anilines is 2. The Hall–Kier alpha value is -2.80. The number of amides is 1. The molecule has 0 fully saturated rings. The summed E-state index contributed by atoms with van der Waals surface area (Å²) in [7, 11) is 0. The quantitative estimate of drug-likeness (QED) is 0.720. The largest absolute Gasteiger partial charge is 0.352 e.